The number of anilines is 3. The molecule has 0 fully saturated rings. The second kappa shape index (κ2) is 10.6. The van der Waals surface area contributed by atoms with Crippen molar-refractivity contribution in [3.05, 3.63) is 41.2 Å². The third kappa shape index (κ3) is 8.34. The van der Waals surface area contributed by atoms with Gasteiger partial charge in [-0.1, -0.05) is 43.6 Å². The van der Waals surface area contributed by atoms with Crippen molar-refractivity contribution in [1.29, 1.82) is 0 Å². The summed E-state index contributed by atoms with van der Waals surface area (Å²) in [6.07, 6.45) is -5.70. The van der Waals surface area contributed by atoms with E-state index >= 15 is 0 Å². The average Bonchev–Trinajstić information content (AvgIpc) is 2.63. The van der Waals surface area contributed by atoms with Crippen LogP contribution in [0.15, 0.2) is 30.3 Å². The van der Waals surface area contributed by atoms with E-state index in [4.69, 9.17) is 22.1 Å². The largest absolute Gasteiger partial charge is 0.446 e. The predicted molar refractivity (Wildman–Crippen MR) is 106 cm³/mol. The highest BCUT2D eigenvalue weighted by molar-refractivity contribution is 6.32. The fourth-order valence-electron chi connectivity index (χ4n) is 2.17. The van der Waals surface area contributed by atoms with Crippen molar-refractivity contribution < 1.29 is 22.8 Å². The van der Waals surface area contributed by atoms with Crippen LogP contribution in [0.4, 0.5) is 30.5 Å². The molecule has 1 aromatic carbocycles. The molecule has 0 aliphatic rings. The minimum Gasteiger partial charge on any atom is -0.382 e. The molecule has 7 nitrogen and oxygen atoms in total. The number of benzene rings is 1. The maximum Gasteiger partial charge on any atom is 0.446 e. The topological polar surface area (TPSA) is 101 Å². The first-order valence-corrected chi connectivity index (χ1v) is 8.76. The Morgan fingerprint density at radius 3 is 2.31 bits per heavy atom. The molecule has 0 saturated heterocycles. The van der Waals surface area contributed by atoms with Crippen molar-refractivity contribution in [2.24, 2.45) is 5.92 Å². The summed E-state index contributed by atoms with van der Waals surface area (Å²) < 4.78 is 31.2. The van der Waals surface area contributed by atoms with E-state index in [0.29, 0.717) is 17.4 Å². The Bertz CT molecular complexity index is 832. The number of hydrogen-bond acceptors (Lipinski definition) is 6. The molecule has 1 aromatic heterocycles. The number of nitrogens with one attached hydrogen (secondary N) is 1. The summed E-state index contributed by atoms with van der Waals surface area (Å²) in [5, 5.41) is 2.87. The monoisotopic (exact) mass is 431 g/mol. The van der Waals surface area contributed by atoms with Crippen LogP contribution in [-0.2, 0) is 4.79 Å². The number of alkyl halides is 3. The van der Waals surface area contributed by atoms with Crippen LogP contribution in [0.2, 0.25) is 5.15 Å². The number of nitrogen functional groups attached to an aromatic ring is 1. The van der Waals surface area contributed by atoms with E-state index < -0.39 is 18.4 Å². The Labute approximate surface area is 171 Å². The lowest BCUT2D eigenvalue weighted by atomic mass is 10.2. The fourth-order valence-corrected chi connectivity index (χ4v) is 2.45. The van der Waals surface area contributed by atoms with E-state index in [0.717, 1.165) is 6.54 Å². The van der Waals surface area contributed by atoms with Gasteiger partial charge in [-0.3, -0.25) is 9.59 Å². The zero-order valence-corrected chi connectivity index (χ0v) is 16.8. The molecule has 158 valence electrons. The Balaban J connectivity index is 0.000000612. The highest BCUT2D eigenvalue weighted by Crippen LogP contribution is 2.24. The number of aldehydes is 1. The molecule has 0 radical (unpaired) electrons. The van der Waals surface area contributed by atoms with Crippen molar-refractivity contribution in [3.8, 4) is 0 Å². The Kier molecular flexibility index (Phi) is 8.84. The van der Waals surface area contributed by atoms with Crippen LogP contribution >= 0.6 is 11.6 Å². The quantitative estimate of drug-likeness (QED) is 0.698. The van der Waals surface area contributed by atoms with Crippen LogP contribution in [0.1, 0.15) is 24.3 Å². The summed E-state index contributed by atoms with van der Waals surface area (Å²) in [5.74, 6) is 0.504. The van der Waals surface area contributed by atoms with Crippen LogP contribution in [0.3, 0.4) is 0 Å². The molecule has 2 aromatic rings. The van der Waals surface area contributed by atoms with Gasteiger partial charge in [0.15, 0.2) is 22.5 Å². The molecule has 3 N–H and O–H groups in total. The van der Waals surface area contributed by atoms with E-state index in [2.05, 4.69) is 29.1 Å². The molecule has 1 amide bonds. The molecule has 2 rings (SSSR count). The SMILES string of the molecule is CC(C)CN(C)c1nc(N)c(C(=O)Nc2ccccc2)nc1Cl.O=CC(F)(F)F. The van der Waals surface area contributed by atoms with E-state index in [1.165, 1.54) is 0 Å². The van der Waals surface area contributed by atoms with Gasteiger partial charge in [0.25, 0.3) is 5.91 Å². The minimum absolute atomic E-state index is 0.0144. The lowest BCUT2D eigenvalue weighted by molar-refractivity contribution is -0.156. The number of carbonyl (C=O) groups excluding carboxylic acids is 2. The minimum atomic E-state index is -4.64. The van der Waals surface area contributed by atoms with Gasteiger partial charge in [-0.05, 0) is 18.1 Å². The number of halogens is 4. The van der Waals surface area contributed by atoms with E-state index in [1.807, 2.05) is 30.1 Å². The first kappa shape index (κ1) is 24.2. The Hall–Kier alpha value is -2.88. The predicted octanol–water partition coefficient (Wildman–Crippen LogP) is 3.80. The third-order valence-electron chi connectivity index (χ3n) is 3.24. The fraction of sp³-hybridized carbons (Fsp3) is 0.333. The van der Waals surface area contributed by atoms with Crippen molar-refractivity contribution >= 4 is 41.1 Å². The Morgan fingerprint density at radius 2 is 1.83 bits per heavy atom. The summed E-state index contributed by atoms with van der Waals surface area (Å²) in [6.45, 7) is 4.93. The highest BCUT2D eigenvalue weighted by Gasteiger charge is 2.25. The van der Waals surface area contributed by atoms with Crippen LogP contribution in [0.5, 0.6) is 0 Å². The molecule has 0 spiro atoms. The zero-order valence-electron chi connectivity index (χ0n) is 16.0. The first-order chi connectivity index (χ1) is 13.4. The van der Waals surface area contributed by atoms with Crippen molar-refractivity contribution in [1.82, 2.24) is 9.97 Å². The second-order valence-corrected chi connectivity index (χ2v) is 6.68. The summed E-state index contributed by atoms with van der Waals surface area (Å²) in [6, 6.07) is 9.05. The van der Waals surface area contributed by atoms with E-state index in [9.17, 15) is 18.0 Å². The molecular formula is C18H21ClF3N5O2. The molecule has 0 aliphatic heterocycles. The Morgan fingerprint density at radius 1 is 1.28 bits per heavy atom. The van der Waals surface area contributed by atoms with Gasteiger partial charge in [0.1, 0.15) is 0 Å². The molecule has 0 atom stereocenters. The van der Waals surface area contributed by atoms with Crippen molar-refractivity contribution in [2.45, 2.75) is 20.0 Å². The molecule has 29 heavy (non-hydrogen) atoms. The number of hydrogen-bond donors (Lipinski definition) is 2. The third-order valence-corrected chi connectivity index (χ3v) is 3.50. The summed E-state index contributed by atoms with van der Waals surface area (Å²) in [5.41, 5.74) is 6.56. The summed E-state index contributed by atoms with van der Waals surface area (Å²) >= 11 is 6.18. The van der Waals surface area contributed by atoms with Crippen molar-refractivity contribution in [2.75, 3.05) is 29.5 Å². The average molecular weight is 432 g/mol. The molecule has 0 bridgehead atoms. The molecule has 0 aliphatic carbocycles. The normalized spacial score (nSPS) is 10.8. The van der Waals surface area contributed by atoms with Crippen LogP contribution < -0.4 is 16.0 Å². The van der Waals surface area contributed by atoms with Gasteiger partial charge in [0.05, 0.1) is 0 Å². The van der Waals surface area contributed by atoms with Crippen LogP contribution in [-0.4, -0.2) is 41.9 Å². The summed E-state index contributed by atoms with van der Waals surface area (Å²) in [4.78, 5) is 31.2. The number of aromatic nitrogens is 2. The number of amides is 1. The standard InChI is InChI=1S/C16H20ClN5O.C2HF3O/c1-10(2)9-22(3)15-13(17)20-12(14(18)21-15)16(23)19-11-7-5-4-6-8-11;3-2(4,5)1-6/h4-8,10H,9H2,1-3H3,(H2,18,21)(H,19,23);1H. The second-order valence-electron chi connectivity index (χ2n) is 6.33. The van der Waals surface area contributed by atoms with E-state index in [-0.39, 0.29) is 16.7 Å². The molecule has 1 heterocycles. The number of carbonyl (C=O) groups is 2. The highest BCUT2D eigenvalue weighted by atomic mass is 35.5. The van der Waals surface area contributed by atoms with Crippen LogP contribution in [0, 0.1) is 5.92 Å². The number of rotatable bonds is 5. The van der Waals surface area contributed by atoms with Gasteiger partial charge in [-0.2, -0.15) is 13.2 Å². The molecule has 11 heteroatoms. The first-order valence-electron chi connectivity index (χ1n) is 8.38. The van der Waals surface area contributed by atoms with Crippen molar-refractivity contribution in [3.63, 3.8) is 0 Å². The van der Waals surface area contributed by atoms with Gasteiger partial charge in [0.2, 0.25) is 6.29 Å². The van der Waals surface area contributed by atoms with E-state index in [1.54, 1.807) is 12.1 Å². The smallest absolute Gasteiger partial charge is 0.382 e. The van der Waals surface area contributed by atoms with Gasteiger partial charge in [-0.25, -0.2) is 9.97 Å². The molecule has 0 unspecified atom stereocenters. The zero-order chi connectivity index (χ0) is 22.2. The number of nitrogens with two attached hydrogens (primary N) is 1. The van der Waals surface area contributed by atoms with Gasteiger partial charge in [-0.15, -0.1) is 0 Å². The van der Waals surface area contributed by atoms with Crippen LogP contribution in [0.25, 0.3) is 0 Å². The maximum absolute atomic E-state index is 12.3. The van der Waals surface area contributed by atoms with Gasteiger partial charge >= 0.3 is 6.18 Å². The lowest BCUT2D eigenvalue weighted by Gasteiger charge is -2.21. The lowest BCUT2D eigenvalue weighted by Crippen LogP contribution is -2.26. The molecular weight excluding hydrogens is 411 g/mol. The molecule has 0 saturated carbocycles. The number of para-hydroxylation sites is 1. The van der Waals surface area contributed by atoms with Gasteiger partial charge < -0.3 is 16.0 Å². The summed E-state index contributed by atoms with van der Waals surface area (Å²) in [7, 11) is 1.86. The van der Waals surface area contributed by atoms with Gasteiger partial charge in [0, 0.05) is 19.3 Å². The number of nitrogens with zero attached hydrogens (tertiary/aromatic N) is 3. The maximum atomic E-state index is 12.3.